The summed E-state index contributed by atoms with van der Waals surface area (Å²) in [6.07, 6.45) is 0. The summed E-state index contributed by atoms with van der Waals surface area (Å²) >= 11 is 0. The van der Waals surface area contributed by atoms with Gasteiger partial charge >= 0.3 is 5.69 Å². The molecule has 0 atom stereocenters. The molecule has 8 nitrogen and oxygen atoms in total. The Morgan fingerprint density at radius 3 is 2.37 bits per heavy atom. The van der Waals surface area contributed by atoms with E-state index in [2.05, 4.69) is 10.2 Å². The Labute approximate surface area is 106 Å². The van der Waals surface area contributed by atoms with Crippen LogP contribution in [0.25, 0.3) is 0 Å². The van der Waals surface area contributed by atoms with Crippen LogP contribution in [0.2, 0.25) is 0 Å². The summed E-state index contributed by atoms with van der Waals surface area (Å²) in [5, 5.41) is 16.7. The molecular weight excluding hydrogens is 252 g/mol. The third-order valence-electron chi connectivity index (χ3n) is 2.24. The van der Waals surface area contributed by atoms with Crippen LogP contribution in [0.3, 0.4) is 0 Å². The number of nitrogens with zero attached hydrogens (tertiary/aromatic N) is 2. The Kier molecular flexibility index (Phi) is 3.42. The minimum absolute atomic E-state index is 0.365. The number of H-pyrrole nitrogens is 2. The van der Waals surface area contributed by atoms with E-state index in [1.165, 1.54) is 7.11 Å². The van der Waals surface area contributed by atoms with E-state index < -0.39 is 17.1 Å². The maximum absolute atomic E-state index is 11.4. The van der Waals surface area contributed by atoms with Gasteiger partial charge in [-0.1, -0.05) is 0 Å². The first kappa shape index (κ1) is 12.6. The minimum Gasteiger partial charge on any atom is -0.497 e. The number of methoxy groups -OCH3 is 1. The number of nitrogens with one attached hydrogen (secondary N) is 2. The van der Waals surface area contributed by atoms with Crippen LogP contribution in [-0.2, 0) is 0 Å². The van der Waals surface area contributed by atoms with Crippen molar-refractivity contribution >= 4 is 11.4 Å². The van der Waals surface area contributed by atoms with Crippen LogP contribution in [0.5, 0.6) is 11.6 Å². The lowest BCUT2D eigenvalue weighted by atomic mass is 10.3. The highest BCUT2D eigenvalue weighted by atomic mass is 16.5. The summed E-state index contributed by atoms with van der Waals surface area (Å²) in [5.74, 6) is 0.0229. The molecule has 0 radical (unpaired) electrons. The number of ether oxygens (including phenoxy) is 1. The van der Waals surface area contributed by atoms with Gasteiger partial charge in [0.15, 0.2) is 0 Å². The summed E-state index contributed by atoms with van der Waals surface area (Å²) in [7, 11) is 1.54. The Morgan fingerprint density at radius 2 is 1.79 bits per heavy atom. The maximum atomic E-state index is 11.4. The zero-order valence-corrected chi connectivity index (χ0v) is 9.88. The molecule has 0 bridgehead atoms. The van der Waals surface area contributed by atoms with E-state index in [0.717, 1.165) is 0 Å². The molecule has 1 aromatic heterocycles. The molecule has 2 rings (SSSR count). The molecule has 1 heterocycles. The van der Waals surface area contributed by atoms with Crippen LogP contribution in [0, 0.1) is 0 Å². The quantitative estimate of drug-likeness (QED) is 0.719. The highest BCUT2D eigenvalue weighted by Gasteiger charge is 2.06. The van der Waals surface area contributed by atoms with E-state index in [1.54, 1.807) is 24.3 Å². The second kappa shape index (κ2) is 5.17. The Hall–Kier alpha value is -2.90. The number of rotatable bonds is 3. The fourth-order valence-corrected chi connectivity index (χ4v) is 1.32. The zero-order chi connectivity index (χ0) is 13.8. The van der Waals surface area contributed by atoms with E-state index in [1.807, 2.05) is 9.97 Å². The smallest absolute Gasteiger partial charge is 0.328 e. The monoisotopic (exact) mass is 262 g/mol. The van der Waals surface area contributed by atoms with Crippen molar-refractivity contribution in [3.05, 3.63) is 45.1 Å². The lowest BCUT2D eigenvalue weighted by Crippen LogP contribution is -2.20. The van der Waals surface area contributed by atoms with Crippen LogP contribution in [0.4, 0.5) is 11.4 Å². The predicted octanol–water partition coefficient (Wildman–Crippen LogP) is 1.19. The van der Waals surface area contributed by atoms with E-state index in [4.69, 9.17) is 4.74 Å². The van der Waals surface area contributed by atoms with Crippen LogP contribution < -0.4 is 16.0 Å². The predicted molar refractivity (Wildman–Crippen MR) is 66.5 cm³/mol. The molecular formula is C11H10N4O4. The first-order chi connectivity index (χ1) is 9.10. The lowest BCUT2D eigenvalue weighted by molar-refractivity contribution is 0.415. The van der Waals surface area contributed by atoms with Crippen molar-refractivity contribution in [2.24, 2.45) is 10.2 Å². The van der Waals surface area contributed by atoms with Crippen molar-refractivity contribution in [3.63, 3.8) is 0 Å². The van der Waals surface area contributed by atoms with Gasteiger partial charge in [-0.2, -0.15) is 5.11 Å². The van der Waals surface area contributed by atoms with E-state index in [-0.39, 0.29) is 5.69 Å². The molecule has 0 aliphatic rings. The molecule has 0 saturated carbocycles. The van der Waals surface area contributed by atoms with Gasteiger partial charge < -0.3 is 9.84 Å². The first-order valence-electron chi connectivity index (χ1n) is 5.21. The highest BCUT2D eigenvalue weighted by Crippen LogP contribution is 2.22. The van der Waals surface area contributed by atoms with Gasteiger partial charge in [-0.05, 0) is 24.3 Å². The molecule has 8 heteroatoms. The van der Waals surface area contributed by atoms with E-state index >= 15 is 0 Å². The number of aromatic amines is 2. The number of azo groups is 1. The van der Waals surface area contributed by atoms with Crippen LogP contribution >= 0.6 is 0 Å². The average molecular weight is 262 g/mol. The number of aromatic nitrogens is 2. The van der Waals surface area contributed by atoms with Crippen LogP contribution in [0.1, 0.15) is 0 Å². The molecule has 0 unspecified atom stereocenters. The van der Waals surface area contributed by atoms with Gasteiger partial charge in [0.05, 0.1) is 12.8 Å². The third kappa shape index (κ3) is 2.86. The van der Waals surface area contributed by atoms with Crippen molar-refractivity contribution in [2.45, 2.75) is 0 Å². The molecule has 1 aromatic carbocycles. The van der Waals surface area contributed by atoms with Crippen molar-refractivity contribution in [1.29, 1.82) is 0 Å². The summed E-state index contributed by atoms with van der Waals surface area (Å²) in [6.45, 7) is 0. The average Bonchev–Trinajstić information content (AvgIpc) is 2.38. The van der Waals surface area contributed by atoms with Gasteiger partial charge in [0.25, 0.3) is 5.56 Å². The van der Waals surface area contributed by atoms with Crippen LogP contribution in [0.15, 0.2) is 44.1 Å². The highest BCUT2D eigenvalue weighted by molar-refractivity contribution is 5.45. The molecule has 0 amide bonds. The van der Waals surface area contributed by atoms with E-state index in [9.17, 15) is 14.7 Å². The second-order valence-electron chi connectivity index (χ2n) is 3.50. The number of benzene rings is 1. The van der Waals surface area contributed by atoms with Gasteiger partial charge in [0.1, 0.15) is 5.75 Å². The topological polar surface area (TPSA) is 120 Å². The van der Waals surface area contributed by atoms with Crippen molar-refractivity contribution in [3.8, 4) is 11.6 Å². The standard InChI is InChI=1S/C11H10N4O4/c1-19-7-4-2-6(3-5-7)14-15-8-9(16)12-11(18)13-10(8)17/h2-5H,1H3,(H3,12,13,16,17,18). The summed E-state index contributed by atoms with van der Waals surface area (Å²) < 4.78 is 4.98. The van der Waals surface area contributed by atoms with E-state index in [0.29, 0.717) is 11.4 Å². The maximum Gasteiger partial charge on any atom is 0.328 e. The number of aromatic hydroxyl groups is 1. The van der Waals surface area contributed by atoms with Gasteiger partial charge in [-0.25, -0.2) is 4.79 Å². The van der Waals surface area contributed by atoms with Crippen LogP contribution in [-0.4, -0.2) is 22.2 Å². The minimum atomic E-state index is -0.821. The molecule has 98 valence electrons. The van der Waals surface area contributed by atoms with Crippen molar-refractivity contribution in [2.75, 3.05) is 7.11 Å². The SMILES string of the molecule is COc1ccc(N=Nc2c(O)[nH]c(=O)[nH]c2=O)cc1. The molecule has 0 saturated heterocycles. The summed E-state index contributed by atoms with van der Waals surface area (Å²) in [5.41, 5.74) is -1.54. The number of hydrogen-bond donors (Lipinski definition) is 3. The number of hydrogen-bond acceptors (Lipinski definition) is 6. The molecule has 2 aromatic rings. The lowest BCUT2D eigenvalue weighted by Gasteiger charge is -1.98. The van der Waals surface area contributed by atoms with Crippen molar-refractivity contribution in [1.82, 2.24) is 9.97 Å². The summed E-state index contributed by atoms with van der Waals surface area (Å²) in [6, 6.07) is 6.59. The molecule has 0 aliphatic carbocycles. The Balaban J connectivity index is 2.32. The van der Waals surface area contributed by atoms with Gasteiger partial charge in [0, 0.05) is 0 Å². The van der Waals surface area contributed by atoms with Crippen molar-refractivity contribution < 1.29 is 9.84 Å². The summed E-state index contributed by atoms with van der Waals surface area (Å²) in [4.78, 5) is 26.2. The molecule has 3 N–H and O–H groups in total. The molecule has 19 heavy (non-hydrogen) atoms. The Bertz CT molecular complexity index is 715. The Morgan fingerprint density at radius 1 is 1.11 bits per heavy atom. The molecule has 0 fully saturated rings. The molecule has 0 aliphatic heterocycles. The van der Waals surface area contributed by atoms with Gasteiger partial charge in [-0.3, -0.25) is 14.8 Å². The third-order valence-corrected chi connectivity index (χ3v) is 2.24. The van der Waals surface area contributed by atoms with Gasteiger partial charge in [0.2, 0.25) is 11.6 Å². The fraction of sp³-hybridized carbons (Fsp3) is 0.0909. The fourth-order valence-electron chi connectivity index (χ4n) is 1.32. The second-order valence-corrected chi connectivity index (χ2v) is 3.50. The first-order valence-corrected chi connectivity index (χ1v) is 5.21. The zero-order valence-electron chi connectivity index (χ0n) is 9.88. The normalized spacial score (nSPS) is 10.8. The largest absolute Gasteiger partial charge is 0.497 e. The van der Waals surface area contributed by atoms with Gasteiger partial charge in [-0.15, -0.1) is 5.11 Å². The molecule has 0 spiro atoms.